The van der Waals surface area contributed by atoms with Crippen LogP contribution >= 0.6 is 23.2 Å². The van der Waals surface area contributed by atoms with Crippen molar-refractivity contribution in [2.75, 3.05) is 12.0 Å². The van der Waals surface area contributed by atoms with Gasteiger partial charge in [0.15, 0.2) is 0 Å². The van der Waals surface area contributed by atoms with E-state index in [0.29, 0.717) is 10.0 Å². The maximum atomic E-state index is 11.9. The summed E-state index contributed by atoms with van der Waals surface area (Å²) in [5.74, 6) is 0.130. The lowest BCUT2D eigenvalue weighted by molar-refractivity contribution is 0.181. The van der Waals surface area contributed by atoms with Gasteiger partial charge in [0.25, 0.3) is 0 Å². The molecule has 0 radical (unpaired) electrons. The van der Waals surface area contributed by atoms with E-state index >= 15 is 0 Å². The number of anilines is 1. The highest BCUT2D eigenvalue weighted by Crippen LogP contribution is 2.37. The molecule has 0 spiro atoms. The number of ether oxygens (including phenoxy) is 1. The Balaban J connectivity index is 1.95. The van der Waals surface area contributed by atoms with Crippen molar-refractivity contribution in [1.82, 2.24) is 0 Å². The first-order chi connectivity index (χ1) is 11.1. The Kier molecular flexibility index (Phi) is 4.60. The summed E-state index contributed by atoms with van der Waals surface area (Å²) in [6.07, 6.45) is 4.12. The van der Waals surface area contributed by atoms with E-state index in [-0.39, 0.29) is 5.92 Å². The molecule has 23 heavy (non-hydrogen) atoms. The van der Waals surface area contributed by atoms with E-state index in [1.807, 2.05) is 42.5 Å². The topological polar surface area (TPSA) is 29.5 Å². The molecular weight excluding hydrogens is 333 g/mol. The molecule has 1 aliphatic heterocycles. The summed E-state index contributed by atoms with van der Waals surface area (Å²) >= 11 is 12.1. The van der Waals surface area contributed by atoms with Gasteiger partial charge in [-0.3, -0.25) is 4.90 Å². The van der Waals surface area contributed by atoms with E-state index < -0.39 is 6.09 Å². The summed E-state index contributed by atoms with van der Waals surface area (Å²) in [5, 5.41) is 1.36. The highest BCUT2D eigenvalue weighted by Gasteiger charge is 2.25. The fourth-order valence-corrected chi connectivity index (χ4v) is 3.03. The van der Waals surface area contributed by atoms with Gasteiger partial charge in [-0.05, 0) is 47.9 Å². The van der Waals surface area contributed by atoms with Gasteiger partial charge in [0, 0.05) is 22.2 Å². The summed E-state index contributed by atoms with van der Waals surface area (Å²) in [7, 11) is 1.37. The molecule has 0 saturated heterocycles. The van der Waals surface area contributed by atoms with Crippen LogP contribution in [0.15, 0.2) is 54.7 Å². The predicted molar refractivity (Wildman–Crippen MR) is 93.4 cm³/mol. The molecule has 5 heteroatoms. The Labute approximate surface area is 145 Å². The summed E-state index contributed by atoms with van der Waals surface area (Å²) in [4.78, 5) is 13.4. The molecule has 0 fully saturated rings. The molecule has 0 saturated carbocycles. The number of benzene rings is 2. The molecule has 118 valence electrons. The third-order valence-corrected chi connectivity index (χ3v) is 4.34. The van der Waals surface area contributed by atoms with E-state index in [4.69, 9.17) is 27.9 Å². The van der Waals surface area contributed by atoms with Crippen molar-refractivity contribution in [3.05, 3.63) is 75.9 Å². The quantitative estimate of drug-likeness (QED) is 0.725. The van der Waals surface area contributed by atoms with Crippen molar-refractivity contribution in [3.63, 3.8) is 0 Å². The van der Waals surface area contributed by atoms with Crippen LogP contribution in [-0.2, 0) is 11.2 Å². The van der Waals surface area contributed by atoms with Crippen molar-refractivity contribution >= 4 is 35.0 Å². The summed E-state index contributed by atoms with van der Waals surface area (Å²) in [6.45, 7) is 0. The smallest absolute Gasteiger partial charge is 0.418 e. The first kappa shape index (κ1) is 15.9. The van der Waals surface area contributed by atoms with Crippen LogP contribution in [0.1, 0.15) is 17.0 Å². The summed E-state index contributed by atoms with van der Waals surface area (Å²) < 4.78 is 4.83. The molecule has 1 unspecified atom stereocenters. The van der Waals surface area contributed by atoms with Gasteiger partial charge in [0.05, 0.1) is 12.8 Å². The van der Waals surface area contributed by atoms with Crippen LogP contribution in [0.5, 0.6) is 0 Å². The van der Waals surface area contributed by atoms with Crippen LogP contribution in [-0.4, -0.2) is 13.2 Å². The Hall–Kier alpha value is -1.97. The van der Waals surface area contributed by atoms with E-state index in [9.17, 15) is 4.79 Å². The van der Waals surface area contributed by atoms with Crippen LogP contribution in [0, 0.1) is 0 Å². The molecule has 0 aliphatic carbocycles. The molecule has 0 N–H and O–H groups in total. The van der Waals surface area contributed by atoms with Gasteiger partial charge in [-0.2, -0.15) is 0 Å². The zero-order valence-electron chi connectivity index (χ0n) is 12.5. The largest absolute Gasteiger partial charge is 0.452 e. The van der Waals surface area contributed by atoms with Gasteiger partial charge in [-0.1, -0.05) is 41.4 Å². The first-order valence-electron chi connectivity index (χ1n) is 7.18. The number of halogens is 2. The zero-order valence-corrected chi connectivity index (χ0v) is 14.0. The maximum absolute atomic E-state index is 11.9. The van der Waals surface area contributed by atoms with E-state index in [1.54, 1.807) is 12.3 Å². The van der Waals surface area contributed by atoms with Crippen LogP contribution in [0.3, 0.4) is 0 Å². The maximum Gasteiger partial charge on any atom is 0.418 e. The molecule has 2 aromatic rings. The molecule has 3 nitrogen and oxygen atoms in total. The number of methoxy groups -OCH3 is 1. The lowest BCUT2D eigenvalue weighted by Crippen LogP contribution is -2.29. The van der Waals surface area contributed by atoms with Gasteiger partial charge >= 0.3 is 6.09 Å². The zero-order chi connectivity index (χ0) is 16.4. The molecule has 1 atom stereocenters. The van der Waals surface area contributed by atoms with E-state index in [1.165, 1.54) is 17.6 Å². The van der Waals surface area contributed by atoms with Crippen molar-refractivity contribution in [3.8, 4) is 0 Å². The molecule has 1 heterocycles. The standard InChI is InChI=1S/C18H15Cl2NO2/c1-23-18(22)21-9-8-13(10-12-2-4-14(19)5-3-12)16-11-15(20)6-7-17(16)21/h2-9,11,13H,10H2,1H3. The Morgan fingerprint density at radius 3 is 2.52 bits per heavy atom. The normalized spacial score (nSPS) is 16.1. The number of amides is 1. The number of hydrogen-bond acceptors (Lipinski definition) is 2. The number of carbonyl (C=O) groups is 1. The minimum atomic E-state index is -0.422. The minimum absolute atomic E-state index is 0.130. The Morgan fingerprint density at radius 1 is 1.13 bits per heavy atom. The van der Waals surface area contributed by atoms with Gasteiger partial charge in [-0.15, -0.1) is 0 Å². The number of rotatable bonds is 2. The average molecular weight is 348 g/mol. The van der Waals surface area contributed by atoms with Crippen LogP contribution in [0.4, 0.5) is 10.5 Å². The van der Waals surface area contributed by atoms with Crippen LogP contribution in [0.25, 0.3) is 0 Å². The fraction of sp³-hybridized carbons (Fsp3) is 0.167. The second-order valence-electron chi connectivity index (χ2n) is 5.32. The molecule has 0 aromatic heterocycles. The average Bonchev–Trinajstić information content (AvgIpc) is 2.56. The van der Waals surface area contributed by atoms with Gasteiger partial charge < -0.3 is 4.74 Å². The Bertz CT molecular complexity index is 756. The van der Waals surface area contributed by atoms with Gasteiger partial charge in [0.2, 0.25) is 0 Å². The SMILES string of the molecule is COC(=O)N1C=CC(Cc2ccc(Cl)cc2)c2cc(Cl)ccc21. The summed E-state index contributed by atoms with van der Waals surface area (Å²) in [5.41, 5.74) is 2.96. The van der Waals surface area contributed by atoms with Crippen LogP contribution < -0.4 is 4.90 Å². The molecule has 1 aliphatic rings. The molecular formula is C18H15Cl2NO2. The fourth-order valence-electron chi connectivity index (χ4n) is 2.73. The van der Waals surface area contributed by atoms with Crippen molar-refractivity contribution in [1.29, 1.82) is 0 Å². The monoisotopic (exact) mass is 347 g/mol. The predicted octanol–water partition coefficient (Wildman–Crippen LogP) is 5.42. The number of hydrogen-bond donors (Lipinski definition) is 0. The first-order valence-corrected chi connectivity index (χ1v) is 7.93. The van der Waals surface area contributed by atoms with Crippen molar-refractivity contribution in [2.24, 2.45) is 0 Å². The number of fused-ring (bicyclic) bond motifs is 1. The van der Waals surface area contributed by atoms with Gasteiger partial charge in [-0.25, -0.2) is 4.79 Å². The van der Waals surface area contributed by atoms with E-state index in [2.05, 4.69) is 0 Å². The summed E-state index contributed by atoms with van der Waals surface area (Å²) in [6, 6.07) is 13.3. The third-order valence-electron chi connectivity index (χ3n) is 3.86. The van der Waals surface area contributed by atoms with Gasteiger partial charge in [0.1, 0.15) is 0 Å². The van der Waals surface area contributed by atoms with Crippen LogP contribution in [0.2, 0.25) is 10.0 Å². The molecule has 2 aromatic carbocycles. The number of carbonyl (C=O) groups excluding carboxylic acids is 1. The highest BCUT2D eigenvalue weighted by atomic mass is 35.5. The van der Waals surface area contributed by atoms with Crippen molar-refractivity contribution < 1.29 is 9.53 Å². The minimum Gasteiger partial charge on any atom is -0.452 e. The lowest BCUT2D eigenvalue weighted by Gasteiger charge is -2.28. The molecule has 3 rings (SSSR count). The van der Waals surface area contributed by atoms with Crippen molar-refractivity contribution in [2.45, 2.75) is 12.3 Å². The highest BCUT2D eigenvalue weighted by molar-refractivity contribution is 6.31. The number of allylic oxidation sites excluding steroid dienone is 1. The lowest BCUT2D eigenvalue weighted by atomic mass is 9.88. The second kappa shape index (κ2) is 6.65. The molecule has 1 amide bonds. The van der Waals surface area contributed by atoms with E-state index in [0.717, 1.165) is 17.7 Å². The second-order valence-corrected chi connectivity index (χ2v) is 6.19. The Morgan fingerprint density at radius 2 is 1.83 bits per heavy atom. The third kappa shape index (κ3) is 3.36. The molecule has 0 bridgehead atoms. The number of nitrogens with zero attached hydrogens (tertiary/aromatic N) is 1.